The van der Waals surface area contributed by atoms with Gasteiger partial charge in [0.05, 0.1) is 5.56 Å². The number of sulfonamides is 1. The number of rotatable bonds is 10. The van der Waals surface area contributed by atoms with Crippen molar-refractivity contribution in [2.24, 2.45) is 5.92 Å². The summed E-state index contributed by atoms with van der Waals surface area (Å²) in [7, 11) is -3.92. The van der Waals surface area contributed by atoms with Gasteiger partial charge in [0.1, 0.15) is 10.9 Å². The van der Waals surface area contributed by atoms with Gasteiger partial charge < -0.3 is 10.2 Å². The molecule has 1 aliphatic heterocycles. The number of carbonyl (C=O) groups excluding carboxylic acids is 3. The highest BCUT2D eigenvalue weighted by atomic mass is 32.2. The smallest absolute Gasteiger partial charge is 0.269 e. The molecule has 2 aromatic carbocycles. The molecule has 2 aromatic rings. The number of amides is 3. The van der Waals surface area contributed by atoms with Crippen LogP contribution in [0.1, 0.15) is 55.1 Å². The van der Waals surface area contributed by atoms with Gasteiger partial charge >= 0.3 is 0 Å². The predicted octanol–water partition coefficient (Wildman–Crippen LogP) is 3.11. The fourth-order valence-electron chi connectivity index (χ4n) is 3.89. The molecule has 1 heterocycles. The largest absolute Gasteiger partial charge is 0.354 e. The summed E-state index contributed by atoms with van der Waals surface area (Å²) >= 11 is 0. The Labute approximate surface area is 207 Å². The van der Waals surface area contributed by atoms with E-state index in [2.05, 4.69) is 5.32 Å². The lowest BCUT2D eigenvalue weighted by molar-refractivity contribution is -0.140. The van der Waals surface area contributed by atoms with Gasteiger partial charge in [0, 0.05) is 26.1 Å². The molecule has 9 heteroatoms. The number of aryl methyl sites for hydroxylation is 1. The van der Waals surface area contributed by atoms with Crippen LogP contribution in [0.3, 0.4) is 0 Å². The van der Waals surface area contributed by atoms with Crippen molar-refractivity contribution < 1.29 is 22.8 Å². The first-order valence-electron chi connectivity index (χ1n) is 11.8. The van der Waals surface area contributed by atoms with Gasteiger partial charge in [-0.05, 0) is 43.9 Å². The van der Waals surface area contributed by atoms with E-state index in [0.29, 0.717) is 6.54 Å². The van der Waals surface area contributed by atoms with Crippen LogP contribution in [-0.2, 0) is 26.2 Å². The van der Waals surface area contributed by atoms with Crippen molar-refractivity contribution in [1.82, 2.24) is 14.5 Å². The minimum Gasteiger partial charge on any atom is -0.354 e. The molecule has 0 bridgehead atoms. The number of nitrogens with zero attached hydrogens (tertiary/aromatic N) is 2. The standard InChI is InChI=1S/C26H33N3O5S/c1-18(2)16-27-25(31)20(4)28(17-21-13-11-19(3)12-14-21)24(30)10-7-15-29-26(32)22-8-5-6-9-23(22)35(29,33)34/h5-6,8-9,11-14,18,20H,7,10,15-17H2,1-4H3,(H,27,31). The predicted molar refractivity (Wildman–Crippen MR) is 133 cm³/mol. The zero-order valence-corrected chi connectivity index (χ0v) is 21.5. The zero-order chi connectivity index (χ0) is 25.8. The van der Waals surface area contributed by atoms with Crippen LogP contribution < -0.4 is 5.32 Å². The number of fused-ring (bicyclic) bond motifs is 1. The molecule has 0 radical (unpaired) electrons. The van der Waals surface area contributed by atoms with Gasteiger partial charge in [-0.3, -0.25) is 14.4 Å². The summed E-state index contributed by atoms with van der Waals surface area (Å²) in [5.41, 5.74) is 2.13. The fourth-order valence-corrected chi connectivity index (χ4v) is 5.50. The van der Waals surface area contributed by atoms with Crippen molar-refractivity contribution in [2.75, 3.05) is 13.1 Å². The summed E-state index contributed by atoms with van der Waals surface area (Å²) in [5.74, 6) is -0.825. The molecule has 1 N–H and O–H groups in total. The second-order valence-corrected chi connectivity index (χ2v) is 11.1. The van der Waals surface area contributed by atoms with Crippen LogP contribution in [0.4, 0.5) is 0 Å². The van der Waals surface area contributed by atoms with Crippen molar-refractivity contribution in [3.63, 3.8) is 0 Å². The Bertz CT molecular complexity index is 1190. The zero-order valence-electron chi connectivity index (χ0n) is 20.7. The number of nitrogens with one attached hydrogen (secondary N) is 1. The molecule has 0 aliphatic carbocycles. The number of carbonyl (C=O) groups is 3. The van der Waals surface area contributed by atoms with Crippen LogP contribution in [-0.4, -0.2) is 54.5 Å². The third-order valence-corrected chi connectivity index (χ3v) is 7.83. The normalized spacial score (nSPS) is 15.1. The Balaban J connectivity index is 1.69. The van der Waals surface area contributed by atoms with E-state index in [-0.39, 0.29) is 54.1 Å². The van der Waals surface area contributed by atoms with Crippen LogP contribution in [0.15, 0.2) is 53.4 Å². The van der Waals surface area contributed by atoms with Crippen molar-refractivity contribution in [2.45, 2.75) is 58.0 Å². The van der Waals surface area contributed by atoms with Crippen molar-refractivity contribution >= 4 is 27.7 Å². The van der Waals surface area contributed by atoms with E-state index in [9.17, 15) is 22.8 Å². The summed E-state index contributed by atoms with van der Waals surface area (Å²) in [4.78, 5) is 40.1. The van der Waals surface area contributed by atoms with E-state index in [1.807, 2.05) is 45.0 Å². The van der Waals surface area contributed by atoms with Crippen LogP contribution >= 0.6 is 0 Å². The molecule has 0 aromatic heterocycles. The molecule has 3 amide bonds. The summed E-state index contributed by atoms with van der Waals surface area (Å²) in [5, 5.41) is 2.87. The molecule has 1 atom stereocenters. The van der Waals surface area contributed by atoms with Gasteiger partial charge in [-0.2, -0.15) is 0 Å². The minimum atomic E-state index is -3.92. The van der Waals surface area contributed by atoms with Crippen LogP contribution in [0.2, 0.25) is 0 Å². The molecule has 0 fully saturated rings. The minimum absolute atomic E-state index is 0.00328. The summed E-state index contributed by atoms with van der Waals surface area (Å²) in [6.07, 6.45) is 0.159. The molecule has 0 saturated carbocycles. The highest BCUT2D eigenvalue weighted by molar-refractivity contribution is 7.90. The van der Waals surface area contributed by atoms with E-state index in [4.69, 9.17) is 0 Å². The molecule has 0 saturated heterocycles. The van der Waals surface area contributed by atoms with E-state index in [1.54, 1.807) is 19.1 Å². The second-order valence-electron chi connectivity index (χ2n) is 9.30. The maximum absolute atomic E-state index is 13.2. The first-order chi connectivity index (χ1) is 16.5. The lowest BCUT2D eigenvalue weighted by Gasteiger charge is -2.29. The maximum atomic E-state index is 13.2. The molecule has 3 rings (SSSR count). The average molecular weight is 500 g/mol. The molecule has 8 nitrogen and oxygen atoms in total. The van der Waals surface area contributed by atoms with E-state index < -0.39 is 22.0 Å². The summed E-state index contributed by atoms with van der Waals surface area (Å²) in [6, 6.07) is 13.1. The summed E-state index contributed by atoms with van der Waals surface area (Å²) in [6.45, 7) is 8.30. The first kappa shape index (κ1) is 26.4. The van der Waals surface area contributed by atoms with Crippen molar-refractivity contribution in [1.29, 1.82) is 0 Å². The van der Waals surface area contributed by atoms with Gasteiger partial charge in [0.25, 0.3) is 15.9 Å². The quantitative estimate of drug-likeness (QED) is 0.541. The third-order valence-electron chi connectivity index (χ3n) is 5.99. The SMILES string of the molecule is Cc1ccc(CN(C(=O)CCCN2C(=O)c3ccccc3S2(=O)=O)C(C)C(=O)NCC(C)C)cc1. The molecular weight excluding hydrogens is 466 g/mol. The first-order valence-corrected chi connectivity index (χ1v) is 13.2. The molecule has 35 heavy (non-hydrogen) atoms. The Morgan fingerprint density at radius 3 is 2.31 bits per heavy atom. The molecule has 0 spiro atoms. The molecule has 188 valence electrons. The summed E-state index contributed by atoms with van der Waals surface area (Å²) < 4.78 is 26.3. The van der Waals surface area contributed by atoms with Gasteiger partial charge in [0.2, 0.25) is 11.8 Å². The van der Waals surface area contributed by atoms with Crippen molar-refractivity contribution in [3.05, 3.63) is 65.2 Å². The fraction of sp³-hybridized carbons (Fsp3) is 0.423. The molecule has 1 aliphatic rings. The van der Waals surface area contributed by atoms with Gasteiger partial charge in [-0.15, -0.1) is 0 Å². The molecular formula is C26H33N3O5S. The van der Waals surface area contributed by atoms with Crippen molar-refractivity contribution in [3.8, 4) is 0 Å². The Kier molecular flexibility index (Phi) is 8.32. The Morgan fingerprint density at radius 1 is 1.03 bits per heavy atom. The van der Waals surface area contributed by atoms with E-state index in [0.717, 1.165) is 15.4 Å². The topological polar surface area (TPSA) is 104 Å². The number of hydrogen-bond acceptors (Lipinski definition) is 5. The van der Waals surface area contributed by atoms with E-state index >= 15 is 0 Å². The van der Waals surface area contributed by atoms with Crippen LogP contribution in [0.25, 0.3) is 0 Å². The average Bonchev–Trinajstić information content (AvgIpc) is 3.02. The Morgan fingerprint density at radius 2 is 1.69 bits per heavy atom. The van der Waals surface area contributed by atoms with Gasteiger partial charge in [-0.1, -0.05) is 55.8 Å². The highest BCUT2D eigenvalue weighted by Crippen LogP contribution is 2.30. The third kappa shape index (κ3) is 6.08. The number of hydrogen-bond donors (Lipinski definition) is 1. The maximum Gasteiger partial charge on any atom is 0.269 e. The highest BCUT2D eigenvalue weighted by Gasteiger charge is 2.40. The van der Waals surface area contributed by atoms with Crippen LogP contribution in [0.5, 0.6) is 0 Å². The van der Waals surface area contributed by atoms with Crippen LogP contribution in [0, 0.1) is 12.8 Å². The van der Waals surface area contributed by atoms with Gasteiger partial charge in [0.15, 0.2) is 0 Å². The second kappa shape index (κ2) is 11.0. The number of benzene rings is 2. The lowest BCUT2D eigenvalue weighted by Crippen LogP contribution is -2.48. The molecule has 1 unspecified atom stereocenters. The lowest BCUT2D eigenvalue weighted by atomic mass is 10.1. The Hall–Kier alpha value is -3.20. The van der Waals surface area contributed by atoms with E-state index in [1.165, 1.54) is 17.0 Å². The monoisotopic (exact) mass is 499 g/mol. The van der Waals surface area contributed by atoms with Gasteiger partial charge in [-0.25, -0.2) is 12.7 Å².